The van der Waals surface area contributed by atoms with Crippen LogP contribution in [0.15, 0.2) is 0 Å². The van der Waals surface area contributed by atoms with Crippen molar-refractivity contribution in [3.63, 3.8) is 0 Å². The largest absolute Gasteiger partial charge is 0.381 e. The van der Waals surface area contributed by atoms with E-state index in [1.54, 1.807) is 0 Å². The van der Waals surface area contributed by atoms with Gasteiger partial charge in [-0.05, 0) is 19.3 Å². The lowest BCUT2D eigenvalue weighted by Crippen LogP contribution is -2.49. The van der Waals surface area contributed by atoms with Gasteiger partial charge in [-0.3, -0.25) is 4.79 Å². The molecule has 2 atom stereocenters. The van der Waals surface area contributed by atoms with Gasteiger partial charge in [-0.2, -0.15) is 0 Å². The molecule has 0 aromatic heterocycles. The Bertz CT molecular complexity index is 204. The van der Waals surface area contributed by atoms with Crippen LogP contribution in [0.1, 0.15) is 19.3 Å². The summed E-state index contributed by atoms with van der Waals surface area (Å²) in [7, 11) is 0. The minimum absolute atomic E-state index is 0.130. The van der Waals surface area contributed by atoms with Gasteiger partial charge in [-0.25, -0.2) is 0 Å². The van der Waals surface area contributed by atoms with Crippen LogP contribution in [0.3, 0.4) is 0 Å². The molecule has 13 heavy (non-hydrogen) atoms. The van der Waals surface area contributed by atoms with Crippen LogP contribution in [0.4, 0.5) is 0 Å². The molecule has 0 bridgehead atoms. The summed E-state index contributed by atoms with van der Waals surface area (Å²) < 4.78 is 5.23. The van der Waals surface area contributed by atoms with Crippen LogP contribution in [-0.4, -0.2) is 31.2 Å². The summed E-state index contributed by atoms with van der Waals surface area (Å²) in [5, 5.41) is 3.44. The summed E-state index contributed by atoms with van der Waals surface area (Å²) in [5.74, 6) is -0.368. The molecule has 2 unspecified atom stereocenters. The number of carbonyl (C=O) groups is 1. The van der Waals surface area contributed by atoms with Crippen LogP contribution < -0.4 is 11.1 Å². The normalized spacial score (nSPS) is 34.5. The van der Waals surface area contributed by atoms with Gasteiger partial charge < -0.3 is 15.8 Å². The monoisotopic (exact) mass is 184 g/mol. The number of primary amides is 1. The van der Waals surface area contributed by atoms with Crippen LogP contribution in [0.5, 0.6) is 0 Å². The number of hydrogen-bond acceptors (Lipinski definition) is 3. The quantitative estimate of drug-likeness (QED) is 0.629. The first-order valence-electron chi connectivity index (χ1n) is 4.90. The molecule has 74 valence electrons. The standard InChI is InChI=1S/C9H16N2O2/c10-9(12)7-5-13-4-3-8(7)11-6-1-2-6/h6-8,11H,1-5H2,(H2,10,12). The Hall–Kier alpha value is -0.610. The molecule has 1 aliphatic heterocycles. The van der Waals surface area contributed by atoms with Crippen molar-refractivity contribution in [3.8, 4) is 0 Å². The topological polar surface area (TPSA) is 64.4 Å². The molecule has 1 heterocycles. The molecule has 1 aliphatic carbocycles. The highest BCUT2D eigenvalue weighted by Gasteiger charge is 2.34. The molecule has 0 aromatic carbocycles. The number of ether oxygens (including phenoxy) is 1. The second-order valence-electron chi connectivity index (χ2n) is 3.92. The number of hydrogen-bond donors (Lipinski definition) is 2. The third-order valence-corrected chi connectivity index (χ3v) is 2.75. The van der Waals surface area contributed by atoms with Crippen molar-refractivity contribution in [2.45, 2.75) is 31.3 Å². The summed E-state index contributed by atoms with van der Waals surface area (Å²) in [5.41, 5.74) is 5.29. The molecule has 0 radical (unpaired) electrons. The third kappa shape index (κ3) is 2.19. The molecule has 4 heteroatoms. The van der Waals surface area contributed by atoms with Crippen molar-refractivity contribution in [1.82, 2.24) is 5.32 Å². The number of rotatable bonds is 3. The number of nitrogens with two attached hydrogens (primary N) is 1. The SMILES string of the molecule is NC(=O)C1COCCC1NC1CC1. The first-order valence-corrected chi connectivity index (χ1v) is 4.90. The molecule has 2 rings (SSSR count). The fourth-order valence-corrected chi connectivity index (χ4v) is 1.77. The first kappa shape index (κ1) is 8.97. The second kappa shape index (κ2) is 3.64. The number of nitrogens with one attached hydrogen (secondary N) is 1. The molecule has 0 aromatic rings. The summed E-state index contributed by atoms with van der Waals surface area (Å²) >= 11 is 0. The van der Waals surface area contributed by atoms with E-state index in [9.17, 15) is 4.79 Å². The molecule has 2 aliphatic rings. The van der Waals surface area contributed by atoms with E-state index in [0.29, 0.717) is 12.6 Å². The Morgan fingerprint density at radius 2 is 2.15 bits per heavy atom. The molecule has 1 saturated heterocycles. The lowest BCUT2D eigenvalue weighted by atomic mass is 9.95. The highest BCUT2D eigenvalue weighted by atomic mass is 16.5. The highest BCUT2D eigenvalue weighted by molar-refractivity contribution is 5.77. The smallest absolute Gasteiger partial charge is 0.224 e. The zero-order valence-corrected chi connectivity index (χ0v) is 7.66. The van der Waals surface area contributed by atoms with Gasteiger partial charge in [0, 0.05) is 18.7 Å². The Morgan fingerprint density at radius 3 is 2.77 bits per heavy atom. The van der Waals surface area contributed by atoms with Crippen LogP contribution in [0.25, 0.3) is 0 Å². The fraction of sp³-hybridized carbons (Fsp3) is 0.889. The van der Waals surface area contributed by atoms with Gasteiger partial charge in [-0.15, -0.1) is 0 Å². The Balaban J connectivity index is 1.90. The van der Waals surface area contributed by atoms with E-state index in [1.807, 2.05) is 0 Å². The molecule has 4 nitrogen and oxygen atoms in total. The maximum absolute atomic E-state index is 11.1. The van der Waals surface area contributed by atoms with Gasteiger partial charge in [0.25, 0.3) is 0 Å². The summed E-state index contributed by atoms with van der Waals surface area (Å²) in [4.78, 5) is 11.1. The van der Waals surface area contributed by atoms with E-state index in [4.69, 9.17) is 10.5 Å². The van der Waals surface area contributed by atoms with Crippen LogP contribution >= 0.6 is 0 Å². The Labute approximate surface area is 77.8 Å². The van der Waals surface area contributed by atoms with Crippen LogP contribution in [-0.2, 0) is 9.53 Å². The van der Waals surface area contributed by atoms with Crippen molar-refractivity contribution >= 4 is 5.91 Å². The van der Waals surface area contributed by atoms with E-state index in [0.717, 1.165) is 13.0 Å². The van der Waals surface area contributed by atoms with Gasteiger partial charge in [0.15, 0.2) is 0 Å². The molecular formula is C9H16N2O2. The van der Waals surface area contributed by atoms with Crippen molar-refractivity contribution in [2.24, 2.45) is 11.7 Å². The molecule has 3 N–H and O–H groups in total. The van der Waals surface area contributed by atoms with E-state index in [2.05, 4.69) is 5.32 Å². The highest BCUT2D eigenvalue weighted by Crippen LogP contribution is 2.23. The minimum atomic E-state index is -0.238. The number of carbonyl (C=O) groups excluding carboxylic acids is 1. The molecular weight excluding hydrogens is 168 g/mol. The Morgan fingerprint density at radius 1 is 1.38 bits per heavy atom. The van der Waals surface area contributed by atoms with Gasteiger partial charge >= 0.3 is 0 Å². The maximum Gasteiger partial charge on any atom is 0.224 e. The summed E-state index contributed by atoms with van der Waals surface area (Å²) in [6, 6.07) is 0.878. The molecule has 0 spiro atoms. The molecule has 1 amide bonds. The third-order valence-electron chi connectivity index (χ3n) is 2.75. The lowest BCUT2D eigenvalue weighted by Gasteiger charge is -2.30. The zero-order valence-electron chi connectivity index (χ0n) is 7.66. The average molecular weight is 184 g/mol. The van der Waals surface area contributed by atoms with Crippen LogP contribution in [0.2, 0.25) is 0 Å². The van der Waals surface area contributed by atoms with E-state index >= 15 is 0 Å². The first-order chi connectivity index (χ1) is 6.27. The zero-order chi connectivity index (χ0) is 9.26. The van der Waals surface area contributed by atoms with Gasteiger partial charge in [0.2, 0.25) is 5.91 Å². The molecule has 1 saturated carbocycles. The minimum Gasteiger partial charge on any atom is -0.381 e. The summed E-state index contributed by atoms with van der Waals surface area (Å²) in [6.07, 6.45) is 3.38. The van der Waals surface area contributed by atoms with Gasteiger partial charge in [0.1, 0.15) is 0 Å². The fourth-order valence-electron chi connectivity index (χ4n) is 1.77. The van der Waals surface area contributed by atoms with Gasteiger partial charge in [0.05, 0.1) is 12.5 Å². The van der Waals surface area contributed by atoms with E-state index < -0.39 is 0 Å². The Kier molecular flexibility index (Phi) is 2.51. The van der Waals surface area contributed by atoms with Gasteiger partial charge in [-0.1, -0.05) is 0 Å². The van der Waals surface area contributed by atoms with E-state index in [-0.39, 0.29) is 17.9 Å². The predicted molar refractivity (Wildman–Crippen MR) is 48.1 cm³/mol. The van der Waals surface area contributed by atoms with Crippen molar-refractivity contribution in [1.29, 1.82) is 0 Å². The second-order valence-corrected chi connectivity index (χ2v) is 3.92. The molecule has 2 fully saturated rings. The van der Waals surface area contributed by atoms with Crippen molar-refractivity contribution in [2.75, 3.05) is 13.2 Å². The van der Waals surface area contributed by atoms with Crippen LogP contribution in [0, 0.1) is 5.92 Å². The van der Waals surface area contributed by atoms with E-state index in [1.165, 1.54) is 12.8 Å². The number of amides is 1. The summed E-state index contributed by atoms with van der Waals surface area (Å²) in [6.45, 7) is 1.23. The van der Waals surface area contributed by atoms with Crippen molar-refractivity contribution < 1.29 is 9.53 Å². The average Bonchev–Trinajstić information content (AvgIpc) is 2.89. The maximum atomic E-state index is 11.1. The van der Waals surface area contributed by atoms with Crippen molar-refractivity contribution in [3.05, 3.63) is 0 Å². The predicted octanol–water partition coefficient (Wildman–Crippen LogP) is -0.371. The lowest BCUT2D eigenvalue weighted by molar-refractivity contribution is -0.127.